The van der Waals surface area contributed by atoms with Crippen molar-refractivity contribution in [3.05, 3.63) is 53.6 Å². The Morgan fingerprint density at radius 1 is 1.03 bits per heavy atom. The fourth-order valence-electron chi connectivity index (χ4n) is 3.22. The van der Waals surface area contributed by atoms with E-state index in [9.17, 15) is 13.2 Å². The Labute approximate surface area is 191 Å². The van der Waals surface area contributed by atoms with Crippen LogP contribution in [0.15, 0.2) is 47.4 Å². The quantitative estimate of drug-likeness (QED) is 0.510. The number of methoxy groups -OCH3 is 1. The first-order valence-electron chi connectivity index (χ1n) is 10.9. The minimum atomic E-state index is -3.60. The minimum absolute atomic E-state index is 0.136. The largest absolute Gasteiger partial charge is 0.493 e. The lowest BCUT2D eigenvalue weighted by Crippen LogP contribution is -2.32. The molecular weight excluding hydrogens is 428 g/mol. The molecule has 0 aliphatic heterocycles. The maximum absolute atomic E-state index is 13.1. The van der Waals surface area contributed by atoms with E-state index in [4.69, 9.17) is 9.47 Å². The number of hydrogen-bond acceptors (Lipinski definition) is 5. The number of carbonyl (C=O) groups is 1. The Bertz CT molecular complexity index is 988. The summed E-state index contributed by atoms with van der Waals surface area (Å²) < 4.78 is 38.4. The fraction of sp³-hybridized carbons (Fsp3) is 0.458. The van der Waals surface area contributed by atoms with Crippen LogP contribution in [0.4, 0.5) is 0 Å². The van der Waals surface area contributed by atoms with E-state index >= 15 is 0 Å². The van der Waals surface area contributed by atoms with Gasteiger partial charge < -0.3 is 14.4 Å². The second kappa shape index (κ2) is 11.9. The Hall–Kier alpha value is -2.58. The summed E-state index contributed by atoms with van der Waals surface area (Å²) in [5.74, 6) is 1.16. The Kier molecular flexibility index (Phi) is 9.53. The summed E-state index contributed by atoms with van der Waals surface area (Å²) >= 11 is 0. The zero-order chi connectivity index (χ0) is 23.7. The van der Waals surface area contributed by atoms with Gasteiger partial charge in [-0.2, -0.15) is 0 Å². The Balaban J connectivity index is 2.21. The van der Waals surface area contributed by atoms with Crippen LogP contribution in [0, 0.1) is 0 Å². The van der Waals surface area contributed by atoms with Crippen molar-refractivity contribution in [1.29, 1.82) is 0 Å². The molecule has 1 N–H and O–H groups in total. The maximum Gasteiger partial charge on any atom is 0.254 e. The number of rotatable bonds is 12. The first-order chi connectivity index (χ1) is 15.2. The van der Waals surface area contributed by atoms with Gasteiger partial charge in [0.25, 0.3) is 5.91 Å². The third kappa shape index (κ3) is 6.97. The van der Waals surface area contributed by atoms with E-state index in [1.807, 2.05) is 32.0 Å². The monoisotopic (exact) mass is 462 g/mol. The molecule has 0 bridgehead atoms. The van der Waals surface area contributed by atoms with Gasteiger partial charge in [-0.25, -0.2) is 13.1 Å². The molecule has 0 saturated carbocycles. The summed E-state index contributed by atoms with van der Waals surface area (Å²) in [4.78, 5) is 15.0. The highest BCUT2D eigenvalue weighted by molar-refractivity contribution is 7.89. The summed E-state index contributed by atoms with van der Waals surface area (Å²) in [6.07, 6.45) is 1.70. The highest BCUT2D eigenvalue weighted by atomic mass is 32.2. The maximum atomic E-state index is 13.1. The van der Waals surface area contributed by atoms with Gasteiger partial charge in [0.15, 0.2) is 11.5 Å². The summed E-state index contributed by atoms with van der Waals surface area (Å²) in [5.41, 5.74) is 1.37. The molecule has 0 radical (unpaired) electrons. The first kappa shape index (κ1) is 25.7. The van der Waals surface area contributed by atoms with E-state index in [0.717, 1.165) is 18.4 Å². The van der Waals surface area contributed by atoms with Crippen molar-refractivity contribution in [3.63, 3.8) is 0 Å². The predicted octanol–water partition coefficient (Wildman–Crippen LogP) is 4.22. The van der Waals surface area contributed by atoms with E-state index in [1.54, 1.807) is 38.0 Å². The van der Waals surface area contributed by atoms with E-state index in [2.05, 4.69) is 4.72 Å². The van der Waals surface area contributed by atoms with Gasteiger partial charge in [0.2, 0.25) is 10.0 Å². The number of carbonyl (C=O) groups excluding carboxylic acids is 1. The van der Waals surface area contributed by atoms with Crippen molar-refractivity contribution in [3.8, 4) is 11.5 Å². The molecule has 176 valence electrons. The van der Waals surface area contributed by atoms with Crippen LogP contribution >= 0.6 is 0 Å². The summed E-state index contributed by atoms with van der Waals surface area (Å²) in [5, 5.41) is 0. The third-order valence-corrected chi connectivity index (χ3v) is 6.32. The van der Waals surface area contributed by atoms with Crippen LogP contribution in [0.1, 0.15) is 56.5 Å². The smallest absolute Gasteiger partial charge is 0.254 e. The number of hydrogen-bond donors (Lipinski definition) is 1. The fourth-order valence-corrected chi connectivity index (χ4v) is 4.47. The average Bonchev–Trinajstić information content (AvgIpc) is 2.76. The molecule has 2 aromatic rings. The molecule has 0 spiro atoms. The molecule has 1 amide bonds. The van der Waals surface area contributed by atoms with E-state index in [1.165, 1.54) is 12.1 Å². The highest BCUT2D eigenvalue weighted by Crippen LogP contribution is 2.29. The molecule has 0 heterocycles. The predicted molar refractivity (Wildman–Crippen MR) is 126 cm³/mol. The molecule has 0 aromatic heterocycles. The zero-order valence-corrected chi connectivity index (χ0v) is 20.4. The Morgan fingerprint density at radius 2 is 1.72 bits per heavy atom. The van der Waals surface area contributed by atoms with Gasteiger partial charge in [-0.1, -0.05) is 19.9 Å². The number of nitrogens with zero attached hydrogens (tertiary/aromatic N) is 1. The molecule has 2 rings (SSSR count). The van der Waals surface area contributed by atoms with E-state index < -0.39 is 10.0 Å². The molecule has 0 atom stereocenters. The summed E-state index contributed by atoms with van der Waals surface area (Å²) in [6.45, 7) is 9.16. The SMILES string of the molecule is CCCOc1ccc(CN(CCC)C(=O)c2ccc(S(=O)(=O)NC(C)C)cc2)cc1OC. The van der Waals surface area contributed by atoms with Crippen LogP contribution in [0.5, 0.6) is 11.5 Å². The van der Waals surface area contributed by atoms with Crippen molar-refractivity contribution in [2.45, 2.75) is 58.0 Å². The van der Waals surface area contributed by atoms with Crippen molar-refractivity contribution in [2.24, 2.45) is 0 Å². The third-order valence-electron chi connectivity index (χ3n) is 4.65. The average molecular weight is 463 g/mol. The van der Waals surface area contributed by atoms with Crippen LogP contribution in [0.2, 0.25) is 0 Å². The molecule has 0 aliphatic rings. The number of benzene rings is 2. The van der Waals surface area contributed by atoms with Gasteiger partial charge in [-0.05, 0) is 68.7 Å². The van der Waals surface area contributed by atoms with Gasteiger partial charge in [0, 0.05) is 24.7 Å². The number of amides is 1. The van der Waals surface area contributed by atoms with Crippen LogP contribution in [-0.4, -0.2) is 45.5 Å². The summed E-state index contributed by atoms with van der Waals surface area (Å²) in [7, 11) is -2.01. The second-order valence-electron chi connectivity index (χ2n) is 7.86. The molecule has 7 nitrogen and oxygen atoms in total. The molecule has 0 saturated heterocycles. The standard InChI is InChI=1S/C24H34N2O5S/c1-6-14-26(17-19-8-13-22(31-15-7-2)23(16-19)30-5)24(27)20-9-11-21(12-10-20)32(28,29)25-18(3)4/h8-13,16,18,25H,6-7,14-15,17H2,1-5H3. The van der Waals surface area contributed by atoms with Crippen molar-refractivity contribution in [1.82, 2.24) is 9.62 Å². The molecule has 32 heavy (non-hydrogen) atoms. The van der Waals surface area contributed by atoms with Crippen molar-refractivity contribution >= 4 is 15.9 Å². The molecule has 2 aromatic carbocycles. The van der Waals surface area contributed by atoms with Crippen LogP contribution < -0.4 is 14.2 Å². The molecule has 8 heteroatoms. The lowest BCUT2D eigenvalue weighted by atomic mass is 10.1. The number of nitrogens with one attached hydrogen (secondary N) is 1. The number of ether oxygens (including phenoxy) is 2. The van der Waals surface area contributed by atoms with Gasteiger partial charge in [-0.15, -0.1) is 0 Å². The van der Waals surface area contributed by atoms with Gasteiger partial charge in [0.1, 0.15) is 0 Å². The number of sulfonamides is 1. The molecule has 0 unspecified atom stereocenters. The molecule has 0 aliphatic carbocycles. The first-order valence-corrected chi connectivity index (χ1v) is 12.4. The lowest BCUT2D eigenvalue weighted by Gasteiger charge is -2.23. The van der Waals surface area contributed by atoms with Crippen LogP contribution in [0.3, 0.4) is 0 Å². The van der Waals surface area contributed by atoms with E-state index in [-0.39, 0.29) is 16.8 Å². The Morgan fingerprint density at radius 3 is 2.28 bits per heavy atom. The normalized spacial score (nSPS) is 11.4. The van der Waals surface area contributed by atoms with Crippen LogP contribution in [-0.2, 0) is 16.6 Å². The zero-order valence-electron chi connectivity index (χ0n) is 19.6. The highest BCUT2D eigenvalue weighted by Gasteiger charge is 2.19. The topological polar surface area (TPSA) is 84.9 Å². The van der Waals surface area contributed by atoms with Gasteiger partial charge >= 0.3 is 0 Å². The molecular formula is C24H34N2O5S. The molecule has 0 fully saturated rings. The van der Waals surface area contributed by atoms with Crippen molar-refractivity contribution in [2.75, 3.05) is 20.3 Å². The van der Waals surface area contributed by atoms with Crippen LogP contribution in [0.25, 0.3) is 0 Å². The minimum Gasteiger partial charge on any atom is -0.493 e. The lowest BCUT2D eigenvalue weighted by molar-refractivity contribution is 0.0743. The second-order valence-corrected chi connectivity index (χ2v) is 9.57. The van der Waals surface area contributed by atoms with Gasteiger partial charge in [-0.3, -0.25) is 4.79 Å². The summed E-state index contributed by atoms with van der Waals surface area (Å²) in [6, 6.07) is 11.5. The van der Waals surface area contributed by atoms with Gasteiger partial charge in [0.05, 0.1) is 18.6 Å². The van der Waals surface area contributed by atoms with E-state index in [0.29, 0.717) is 36.8 Å². The van der Waals surface area contributed by atoms with Crippen molar-refractivity contribution < 1.29 is 22.7 Å².